The molecule has 0 unspecified atom stereocenters. The van der Waals surface area contributed by atoms with E-state index >= 15 is 0 Å². The molecule has 0 saturated heterocycles. The molecule has 1 aromatic heterocycles. The first-order valence-corrected chi connectivity index (χ1v) is 7.06. The second kappa shape index (κ2) is 7.35. The predicted octanol–water partition coefficient (Wildman–Crippen LogP) is 2.81. The fraction of sp³-hybridized carbons (Fsp3) is 0.133. The molecular formula is C15H15N3OS. The molecule has 0 bridgehead atoms. The molecule has 0 aliphatic carbocycles. The summed E-state index contributed by atoms with van der Waals surface area (Å²) in [7, 11) is 0. The first kappa shape index (κ1) is 14.1. The number of rotatable bonds is 5. The van der Waals surface area contributed by atoms with Crippen LogP contribution in [0.5, 0.6) is 0 Å². The van der Waals surface area contributed by atoms with E-state index in [0.29, 0.717) is 0 Å². The Morgan fingerprint density at radius 3 is 2.90 bits per heavy atom. The van der Waals surface area contributed by atoms with Gasteiger partial charge in [-0.2, -0.15) is 5.10 Å². The summed E-state index contributed by atoms with van der Waals surface area (Å²) in [5, 5.41) is 6.58. The number of nitrogens with one attached hydrogen (secondary N) is 1. The summed E-state index contributed by atoms with van der Waals surface area (Å²) < 4.78 is 0. The van der Waals surface area contributed by atoms with E-state index in [0.717, 1.165) is 16.3 Å². The Balaban J connectivity index is 1.76. The van der Waals surface area contributed by atoms with Crippen LogP contribution in [0.4, 0.5) is 0 Å². The molecule has 2 aromatic rings. The monoisotopic (exact) mass is 285 g/mol. The zero-order valence-electron chi connectivity index (χ0n) is 11.1. The topological polar surface area (TPSA) is 54.4 Å². The van der Waals surface area contributed by atoms with Gasteiger partial charge in [-0.05, 0) is 18.6 Å². The van der Waals surface area contributed by atoms with Crippen molar-refractivity contribution in [1.29, 1.82) is 0 Å². The van der Waals surface area contributed by atoms with Crippen LogP contribution in [-0.4, -0.2) is 17.1 Å². The molecule has 5 heteroatoms. The number of hydrogen-bond donors (Lipinski definition) is 1. The van der Waals surface area contributed by atoms with E-state index in [1.54, 1.807) is 12.3 Å². The second-order valence-electron chi connectivity index (χ2n) is 4.14. The van der Waals surface area contributed by atoms with Crippen molar-refractivity contribution < 1.29 is 4.79 Å². The first-order chi connectivity index (χ1) is 9.74. The molecule has 1 amide bonds. The summed E-state index contributed by atoms with van der Waals surface area (Å²) in [5.74, 6) is -0.163. The van der Waals surface area contributed by atoms with Gasteiger partial charge in [-0.25, -0.2) is 10.4 Å². The minimum Gasteiger partial charge on any atom is -0.273 e. The van der Waals surface area contributed by atoms with Crippen molar-refractivity contribution in [2.75, 3.05) is 0 Å². The third-order valence-electron chi connectivity index (χ3n) is 2.42. The Bertz CT molecular complexity index is 617. The van der Waals surface area contributed by atoms with Crippen LogP contribution in [0.3, 0.4) is 0 Å². The number of carbonyl (C=O) groups is 1. The van der Waals surface area contributed by atoms with Crippen molar-refractivity contribution >= 4 is 29.5 Å². The average Bonchev–Trinajstić information content (AvgIpc) is 2.85. The summed E-state index contributed by atoms with van der Waals surface area (Å²) in [6.07, 6.45) is 5.51. The molecule has 102 valence electrons. The standard InChI is InChI=1S/C15H15N3OS/c1-12-11-20-15(17-12)10-14(19)18-16-9-5-8-13-6-3-2-4-7-13/h2-9,11H,10H2,1H3,(H,18,19)/b8-5+,16-9-. The van der Waals surface area contributed by atoms with Gasteiger partial charge in [-0.15, -0.1) is 11.3 Å². The van der Waals surface area contributed by atoms with E-state index in [1.807, 2.05) is 48.7 Å². The number of nitrogens with zero attached hydrogens (tertiary/aromatic N) is 2. The molecule has 1 heterocycles. The van der Waals surface area contributed by atoms with Gasteiger partial charge in [0.15, 0.2) is 0 Å². The van der Waals surface area contributed by atoms with Gasteiger partial charge in [0.2, 0.25) is 5.91 Å². The van der Waals surface area contributed by atoms with E-state index in [-0.39, 0.29) is 12.3 Å². The van der Waals surface area contributed by atoms with Crippen LogP contribution in [-0.2, 0) is 11.2 Å². The third kappa shape index (κ3) is 4.78. The largest absolute Gasteiger partial charge is 0.273 e. The van der Waals surface area contributed by atoms with Gasteiger partial charge in [0.25, 0.3) is 0 Å². The maximum Gasteiger partial charge on any atom is 0.246 e. The number of benzene rings is 1. The Kier molecular flexibility index (Phi) is 5.20. The average molecular weight is 285 g/mol. The normalized spacial score (nSPS) is 11.2. The van der Waals surface area contributed by atoms with E-state index in [4.69, 9.17) is 0 Å². The number of hydrogen-bond acceptors (Lipinski definition) is 4. The third-order valence-corrected chi connectivity index (χ3v) is 3.38. The molecule has 0 spiro atoms. The highest BCUT2D eigenvalue weighted by molar-refractivity contribution is 7.09. The molecule has 1 N–H and O–H groups in total. The number of hydrazone groups is 1. The molecule has 1 aromatic carbocycles. The van der Waals surface area contributed by atoms with Crippen LogP contribution < -0.4 is 5.43 Å². The smallest absolute Gasteiger partial charge is 0.246 e. The maximum absolute atomic E-state index is 11.6. The fourth-order valence-electron chi connectivity index (χ4n) is 1.53. The van der Waals surface area contributed by atoms with Gasteiger partial charge in [0.1, 0.15) is 5.01 Å². The highest BCUT2D eigenvalue weighted by Crippen LogP contribution is 2.08. The van der Waals surface area contributed by atoms with Crippen LogP contribution >= 0.6 is 11.3 Å². The van der Waals surface area contributed by atoms with Crippen molar-refractivity contribution in [2.24, 2.45) is 5.10 Å². The molecule has 20 heavy (non-hydrogen) atoms. The Labute approximate surface area is 121 Å². The number of allylic oxidation sites excluding steroid dienone is 1. The minimum atomic E-state index is -0.163. The molecular weight excluding hydrogens is 270 g/mol. The lowest BCUT2D eigenvalue weighted by molar-refractivity contribution is -0.120. The summed E-state index contributed by atoms with van der Waals surface area (Å²) in [6, 6.07) is 9.89. The fourth-order valence-corrected chi connectivity index (χ4v) is 2.30. The maximum atomic E-state index is 11.6. The Hall–Kier alpha value is -2.27. The number of aryl methyl sites for hydroxylation is 1. The highest BCUT2D eigenvalue weighted by atomic mass is 32.1. The first-order valence-electron chi connectivity index (χ1n) is 6.18. The van der Waals surface area contributed by atoms with E-state index in [1.165, 1.54) is 11.3 Å². The number of carbonyl (C=O) groups excluding carboxylic acids is 1. The molecule has 0 radical (unpaired) electrons. The van der Waals surface area contributed by atoms with Crippen LogP contribution in [0.25, 0.3) is 6.08 Å². The van der Waals surface area contributed by atoms with Crippen LogP contribution in [0, 0.1) is 6.92 Å². The van der Waals surface area contributed by atoms with Gasteiger partial charge in [-0.3, -0.25) is 4.79 Å². The summed E-state index contributed by atoms with van der Waals surface area (Å²) in [4.78, 5) is 15.8. The predicted molar refractivity (Wildman–Crippen MR) is 82.7 cm³/mol. The van der Waals surface area contributed by atoms with Gasteiger partial charge in [0, 0.05) is 17.3 Å². The Morgan fingerprint density at radius 1 is 1.40 bits per heavy atom. The number of thiazole rings is 1. The van der Waals surface area contributed by atoms with Crippen molar-refractivity contribution in [2.45, 2.75) is 13.3 Å². The molecule has 4 nitrogen and oxygen atoms in total. The van der Waals surface area contributed by atoms with Crippen LogP contribution in [0.15, 0.2) is 46.9 Å². The summed E-state index contributed by atoms with van der Waals surface area (Å²) >= 11 is 1.48. The lowest BCUT2D eigenvalue weighted by Gasteiger charge is -1.95. The molecule has 2 rings (SSSR count). The van der Waals surface area contributed by atoms with Gasteiger partial charge in [0.05, 0.1) is 6.42 Å². The number of amides is 1. The van der Waals surface area contributed by atoms with Crippen LogP contribution in [0.1, 0.15) is 16.3 Å². The lowest BCUT2D eigenvalue weighted by Crippen LogP contribution is -2.19. The zero-order chi connectivity index (χ0) is 14.2. The lowest BCUT2D eigenvalue weighted by atomic mass is 10.2. The van der Waals surface area contributed by atoms with E-state index in [2.05, 4.69) is 15.5 Å². The van der Waals surface area contributed by atoms with Crippen molar-refractivity contribution in [3.63, 3.8) is 0 Å². The minimum absolute atomic E-state index is 0.163. The number of aromatic nitrogens is 1. The summed E-state index contributed by atoms with van der Waals surface area (Å²) in [6.45, 7) is 1.91. The quantitative estimate of drug-likeness (QED) is 0.678. The van der Waals surface area contributed by atoms with Crippen molar-refractivity contribution in [3.8, 4) is 0 Å². The van der Waals surface area contributed by atoms with E-state index < -0.39 is 0 Å². The molecule has 0 aliphatic heterocycles. The molecule has 0 atom stereocenters. The van der Waals surface area contributed by atoms with Gasteiger partial charge < -0.3 is 0 Å². The SMILES string of the molecule is Cc1csc(CC(=O)N/N=C\C=C\c2ccccc2)n1. The second-order valence-corrected chi connectivity index (χ2v) is 5.09. The van der Waals surface area contributed by atoms with Gasteiger partial charge in [-0.1, -0.05) is 36.4 Å². The Morgan fingerprint density at radius 2 is 2.20 bits per heavy atom. The zero-order valence-corrected chi connectivity index (χ0v) is 11.9. The summed E-state index contributed by atoms with van der Waals surface area (Å²) in [5.41, 5.74) is 4.50. The van der Waals surface area contributed by atoms with Crippen molar-refractivity contribution in [1.82, 2.24) is 10.4 Å². The van der Waals surface area contributed by atoms with Crippen LogP contribution in [0.2, 0.25) is 0 Å². The molecule has 0 aliphatic rings. The molecule has 0 saturated carbocycles. The van der Waals surface area contributed by atoms with E-state index in [9.17, 15) is 4.79 Å². The highest BCUT2D eigenvalue weighted by Gasteiger charge is 2.04. The van der Waals surface area contributed by atoms with Gasteiger partial charge >= 0.3 is 0 Å². The molecule has 0 fully saturated rings. The van der Waals surface area contributed by atoms with Crippen molar-refractivity contribution in [3.05, 3.63) is 58.1 Å².